The Bertz CT molecular complexity index is 811. The van der Waals surface area contributed by atoms with Gasteiger partial charge in [0.2, 0.25) is 0 Å². The largest absolute Gasteiger partial charge is 0.289 e. The number of likely N-dealkylation sites (tertiary alicyclic amines) is 1. The van der Waals surface area contributed by atoms with Crippen LogP contribution in [0.15, 0.2) is 48.5 Å². The van der Waals surface area contributed by atoms with Crippen molar-refractivity contribution < 1.29 is 0 Å². The quantitative estimate of drug-likeness (QED) is 0.700. The van der Waals surface area contributed by atoms with E-state index in [4.69, 9.17) is 12.8 Å². The maximum absolute atomic E-state index is 5.53. The normalized spacial score (nSPS) is 16.2. The van der Waals surface area contributed by atoms with E-state index in [1.165, 1.54) is 22.3 Å². The summed E-state index contributed by atoms with van der Waals surface area (Å²) in [6.45, 7) is 3.27. The fraction of sp³-hybridized carbons (Fsp3) is 0.333. The second kappa shape index (κ2) is 10.0. The average Bonchev–Trinajstić information content (AvgIpc) is 2.79. The SMILES string of the molecule is C#CCN(CC#C)C1CN(C2c3ccccc3CCc3ccccc32)C1.Cl.Cl. The lowest BCUT2D eigenvalue weighted by atomic mass is 9.90. The van der Waals surface area contributed by atoms with Crippen LogP contribution >= 0.6 is 24.8 Å². The molecule has 0 saturated carbocycles. The molecule has 4 rings (SSSR count). The van der Waals surface area contributed by atoms with Crippen LogP contribution in [0, 0.1) is 24.7 Å². The van der Waals surface area contributed by atoms with Crippen molar-refractivity contribution in [2.75, 3.05) is 26.2 Å². The van der Waals surface area contributed by atoms with Crippen molar-refractivity contribution in [3.8, 4) is 24.7 Å². The van der Waals surface area contributed by atoms with Crippen LogP contribution in [0.3, 0.4) is 0 Å². The van der Waals surface area contributed by atoms with Gasteiger partial charge in [-0.05, 0) is 35.1 Å². The van der Waals surface area contributed by atoms with E-state index in [1.54, 1.807) is 0 Å². The summed E-state index contributed by atoms with van der Waals surface area (Å²) < 4.78 is 0. The Morgan fingerprint density at radius 1 is 0.821 bits per heavy atom. The molecule has 1 aliphatic heterocycles. The van der Waals surface area contributed by atoms with Gasteiger partial charge >= 0.3 is 0 Å². The van der Waals surface area contributed by atoms with Gasteiger partial charge < -0.3 is 0 Å². The van der Waals surface area contributed by atoms with Gasteiger partial charge in [0, 0.05) is 19.1 Å². The molecule has 2 aromatic rings. The first-order chi connectivity index (χ1) is 12.8. The van der Waals surface area contributed by atoms with Crippen LogP contribution in [-0.4, -0.2) is 42.0 Å². The maximum Gasteiger partial charge on any atom is 0.0611 e. The molecule has 1 saturated heterocycles. The molecule has 0 N–H and O–H groups in total. The summed E-state index contributed by atoms with van der Waals surface area (Å²) in [6, 6.07) is 18.6. The van der Waals surface area contributed by atoms with Crippen molar-refractivity contribution in [1.29, 1.82) is 0 Å². The van der Waals surface area contributed by atoms with Gasteiger partial charge in [-0.3, -0.25) is 9.80 Å². The monoisotopic (exact) mass is 412 g/mol. The minimum Gasteiger partial charge on any atom is -0.289 e. The van der Waals surface area contributed by atoms with Crippen molar-refractivity contribution in [3.63, 3.8) is 0 Å². The highest BCUT2D eigenvalue weighted by molar-refractivity contribution is 5.85. The molecule has 1 aliphatic carbocycles. The third kappa shape index (κ3) is 4.22. The molecule has 1 heterocycles. The predicted molar refractivity (Wildman–Crippen MR) is 121 cm³/mol. The van der Waals surface area contributed by atoms with Gasteiger partial charge in [-0.2, -0.15) is 0 Å². The molecule has 2 aliphatic rings. The molecule has 0 aromatic heterocycles. The number of aryl methyl sites for hydroxylation is 2. The van der Waals surface area contributed by atoms with Crippen molar-refractivity contribution in [2.45, 2.75) is 24.9 Å². The third-order valence-corrected chi connectivity index (χ3v) is 5.72. The first kappa shape index (κ1) is 22.4. The van der Waals surface area contributed by atoms with Crippen LogP contribution in [-0.2, 0) is 12.8 Å². The topological polar surface area (TPSA) is 6.48 Å². The number of hydrogen-bond donors (Lipinski definition) is 0. The smallest absolute Gasteiger partial charge is 0.0611 e. The lowest BCUT2D eigenvalue weighted by molar-refractivity contribution is 0.0272. The maximum atomic E-state index is 5.53. The highest BCUT2D eigenvalue weighted by Gasteiger charge is 2.38. The van der Waals surface area contributed by atoms with E-state index < -0.39 is 0 Å². The van der Waals surface area contributed by atoms with E-state index in [1.807, 2.05) is 0 Å². The van der Waals surface area contributed by atoms with E-state index in [-0.39, 0.29) is 24.8 Å². The van der Waals surface area contributed by atoms with Gasteiger partial charge in [-0.15, -0.1) is 37.7 Å². The number of fused-ring (bicyclic) bond motifs is 2. The minimum absolute atomic E-state index is 0. The number of benzene rings is 2. The summed E-state index contributed by atoms with van der Waals surface area (Å²) in [5.41, 5.74) is 5.86. The highest BCUT2D eigenvalue weighted by atomic mass is 35.5. The lowest BCUT2D eigenvalue weighted by Gasteiger charge is -2.48. The Kier molecular flexibility index (Phi) is 7.99. The van der Waals surface area contributed by atoms with Crippen molar-refractivity contribution in [3.05, 3.63) is 70.8 Å². The zero-order valence-electron chi connectivity index (χ0n) is 15.9. The molecule has 0 unspecified atom stereocenters. The minimum atomic E-state index is 0. The van der Waals surface area contributed by atoms with Crippen LogP contribution in [0.1, 0.15) is 28.3 Å². The van der Waals surface area contributed by atoms with Crippen molar-refractivity contribution in [1.82, 2.24) is 9.80 Å². The second-order valence-corrected chi connectivity index (χ2v) is 7.22. The molecule has 4 heteroatoms. The van der Waals surface area contributed by atoms with Crippen LogP contribution in [0.5, 0.6) is 0 Å². The van der Waals surface area contributed by atoms with Crippen LogP contribution in [0.25, 0.3) is 0 Å². The summed E-state index contributed by atoms with van der Waals surface area (Å²) in [7, 11) is 0. The fourth-order valence-corrected chi connectivity index (χ4v) is 4.37. The highest BCUT2D eigenvalue weighted by Crippen LogP contribution is 2.39. The Balaban J connectivity index is 0.00000140. The molecule has 0 radical (unpaired) electrons. The zero-order chi connectivity index (χ0) is 17.9. The van der Waals surface area contributed by atoms with E-state index in [2.05, 4.69) is 70.2 Å². The van der Waals surface area contributed by atoms with E-state index in [0.717, 1.165) is 25.9 Å². The van der Waals surface area contributed by atoms with Gasteiger partial charge in [-0.25, -0.2) is 0 Å². The molecule has 146 valence electrons. The van der Waals surface area contributed by atoms with Gasteiger partial charge in [0.1, 0.15) is 0 Å². The average molecular weight is 413 g/mol. The Labute approximate surface area is 181 Å². The first-order valence-corrected chi connectivity index (χ1v) is 9.32. The van der Waals surface area contributed by atoms with Crippen molar-refractivity contribution in [2.24, 2.45) is 0 Å². The fourth-order valence-electron chi connectivity index (χ4n) is 4.37. The summed E-state index contributed by atoms with van der Waals surface area (Å²) in [5, 5.41) is 0. The van der Waals surface area contributed by atoms with Gasteiger partial charge in [0.15, 0.2) is 0 Å². The molecule has 2 aromatic carbocycles. The number of terminal acetylenes is 2. The second-order valence-electron chi connectivity index (χ2n) is 7.22. The van der Waals surface area contributed by atoms with Crippen LogP contribution < -0.4 is 0 Å². The zero-order valence-corrected chi connectivity index (χ0v) is 17.5. The summed E-state index contributed by atoms with van der Waals surface area (Å²) in [5.74, 6) is 5.50. The molecular weight excluding hydrogens is 387 g/mol. The summed E-state index contributed by atoms with van der Waals surface area (Å²) >= 11 is 0. The molecule has 0 atom stereocenters. The molecule has 2 nitrogen and oxygen atoms in total. The molecule has 1 fully saturated rings. The molecule has 0 amide bonds. The number of hydrogen-bond acceptors (Lipinski definition) is 2. The lowest BCUT2D eigenvalue weighted by Crippen LogP contribution is -2.60. The van der Waals surface area contributed by atoms with Crippen LogP contribution in [0.2, 0.25) is 0 Å². The molecule has 0 spiro atoms. The summed E-state index contributed by atoms with van der Waals surface area (Å²) in [4.78, 5) is 4.82. The third-order valence-electron chi connectivity index (χ3n) is 5.72. The number of rotatable bonds is 4. The first-order valence-electron chi connectivity index (χ1n) is 9.32. The van der Waals surface area contributed by atoms with Gasteiger partial charge in [0.25, 0.3) is 0 Å². The van der Waals surface area contributed by atoms with E-state index in [9.17, 15) is 0 Å². The van der Waals surface area contributed by atoms with Crippen molar-refractivity contribution >= 4 is 24.8 Å². The Morgan fingerprint density at radius 2 is 1.29 bits per heavy atom. The van der Waals surface area contributed by atoms with Crippen LogP contribution in [0.4, 0.5) is 0 Å². The standard InChI is InChI=1S/C24H24N2.2ClH/c1-3-15-25(16-4-2)21-17-26(18-21)24-22-11-7-5-9-19(22)13-14-20-10-6-8-12-23(20)24;;/h1-2,5-12,21,24H,13-18H2;2*1H. The number of halogens is 2. The predicted octanol–water partition coefficient (Wildman–Crippen LogP) is 3.97. The Morgan fingerprint density at radius 3 is 1.75 bits per heavy atom. The van der Waals surface area contributed by atoms with E-state index >= 15 is 0 Å². The molecule has 0 bridgehead atoms. The summed E-state index contributed by atoms with van der Waals surface area (Å²) in [6.07, 6.45) is 13.3. The molecular formula is C24H26Cl2N2. The van der Waals surface area contributed by atoms with Gasteiger partial charge in [0.05, 0.1) is 19.1 Å². The molecule has 28 heavy (non-hydrogen) atoms. The Hall–Kier alpha value is -1.94. The van der Waals surface area contributed by atoms with Gasteiger partial charge in [-0.1, -0.05) is 60.4 Å². The number of nitrogens with zero attached hydrogens (tertiary/aromatic N) is 2. The van der Waals surface area contributed by atoms with E-state index in [0.29, 0.717) is 25.2 Å².